The molecule has 4 atom stereocenters. The minimum atomic E-state index is -0.371. The number of hydrogen-bond acceptors (Lipinski definition) is 4. The van der Waals surface area contributed by atoms with Gasteiger partial charge in [-0.2, -0.15) is 4.99 Å². The summed E-state index contributed by atoms with van der Waals surface area (Å²) in [6.07, 6.45) is 7.36. The monoisotopic (exact) mass is 308 g/mol. The molecule has 1 amide bonds. The molecule has 4 nitrogen and oxygen atoms in total. The van der Waals surface area contributed by atoms with Crippen LogP contribution in [0.1, 0.15) is 45.4 Å². The lowest BCUT2D eigenvalue weighted by molar-refractivity contribution is -0.121. The Bertz CT molecular complexity index is 475. The van der Waals surface area contributed by atoms with Gasteiger partial charge in [-0.15, -0.1) is 0 Å². The second kappa shape index (κ2) is 5.27. The molecular weight excluding hydrogens is 284 g/mol. The van der Waals surface area contributed by atoms with Crippen molar-refractivity contribution in [2.45, 2.75) is 56.2 Å². The zero-order valence-electron chi connectivity index (χ0n) is 12.6. The van der Waals surface area contributed by atoms with Crippen LogP contribution in [-0.4, -0.2) is 35.1 Å². The average molecular weight is 308 g/mol. The predicted octanol–water partition coefficient (Wildman–Crippen LogP) is 2.58. The number of nitrogens with one attached hydrogen (secondary N) is 1. The molecule has 0 aromatic heterocycles. The van der Waals surface area contributed by atoms with Gasteiger partial charge in [0.15, 0.2) is 5.17 Å². The van der Waals surface area contributed by atoms with Crippen molar-refractivity contribution >= 4 is 22.8 Å². The molecule has 1 saturated heterocycles. The highest BCUT2D eigenvalue weighted by Gasteiger charge is 2.49. The number of carbonyl (C=O) groups is 1. The highest BCUT2D eigenvalue weighted by molar-refractivity contribution is 8.16. The van der Waals surface area contributed by atoms with E-state index in [9.17, 15) is 4.79 Å². The maximum atomic E-state index is 12.5. The Morgan fingerprint density at radius 2 is 2.05 bits per heavy atom. The van der Waals surface area contributed by atoms with E-state index >= 15 is 0 Å². The molecule has 2 unspecified atom stereocenters. The van der Waals surface area contributed by atoms with Gasteiger partial charge in [-0.05, 0) is 56.8 Å². The van der Waals surface area contributed by atoms with Crippen LogP contribution >= 0.6 is 11.8 Å². The molecule has 2 heterocycles. The normalized spacial score (nSPS) is 43.4. The fraction of sp³-hybridized carbons (Fsp3) is 0.875. The maximum absolute atomic E-state index is 12.5. The number of nitrogens with zero attached hydrogens (tertiary/aromatic N) is 1. The van der Waals surface area contributed by atoms with Crippen molar-refractivity contribution in [3.05, 3.63) is 0 Å². The van der Waals surface area contributed by atoms with Gasteiger partial charge in [0.05, 0.1) is 0 Å². The van der Waals surface area contributed by atoms with Crippen LogP contribution in [0, 0.1) is 17.8 Å². The number of aliphatic imine (C=N–C) groups is 1. The molecule has 0 aromatic rings. The molecule has 0 radical (unpaired) electrons. The van der Waals surface area contributed by atoms with Crippen LogP contribution in [0.2, 0.25) is 0 Å². The van der Waals surface area contributed by atoms with Crippen LogP contribution in [0.25, 0.3) is 0 Å². The van der Waals surface area contributed by atoms with E-state index in [-0.39, 0.29) is 10.7 Å². The summed E-state index contributed by atoms with van der Waals surface area (Å²) in [4.78, 5) is 16.8. The van der Waals surface area contributed by atoms with Crippen molar-refractivity contribution in [1.82, 2.24) is 5.32 Å². The van der Waals surface area contributed by atoms with Crippen molar-refractivity contribution in [2.75, 3.05) is 13.2 Å². The molecule has 0 aromatic carbocycles. The molecule has 1 N–H and O–H groups in total. The number of amidine groups is 1. The molecule has 2 saturated carbocycles. The van der Waals surface area contributed by atoms with E-state index < -0.39 is 0 Å². The molecule has 21 heavy (non-hydrogen) atoms. The Morgan fingerprint density at radius 1 is 1.24 bits per heavy atom. The molecule has 116 valence electrons. The van der Waals surface area contributed by atoms with Gasteiger partial charge in [0, 0.05) is 19.3 Å². The maximum Gasteiger partial charge on any atom is 0.264 e. The first kappa shape index (κ1) is 14.1. The van der Waals surface area contributed by atoms with Crippen molar-refractivity contribution < 1.29 is 9.53 Å². The molecule has 2 aliphatic carbocycles. The lowest BCUT2D eigenvalue weighted by Crippen LogP contribution is -2.41. The van der Waals surface area contributed by atoms with E-state index in [1.165, 1.54) is 25.7 Å². The number of fused-ring (bicyclic) bond motifs is 2. The van der Waals surface area contributed by atoms with Gasteiger partial charge in [0.2, 0.25) is 0 Å². The highest BCUT2D eigenvalue weighted by Crippen LogP contribution is 2.47. The summed E-state index contributed by atoms with van der Waals surface area (Å²) in [5.74, 6) is 2.18. The Hall–Kier alpha value is -0.550. The molecule has 2 bridgehead atoms. The van der Waals surface area contributed by atoms with E-state index in [0.717, 1.165) is 43.1 Å². The zero-order chi connectivity index (χ0) is 14.4. The van der Waals surface area contributed by atoms with E-state index in [1.807, 2.05) is 0 Å². The Morgan fingerprint density at radius 3 is 2.71 bits per heavy atom. The van der Waals surface area contributed by atoms with Crippen molar-refractivity contribution in [2.24, 2.45) is 22.7 Å². The number of thioether (sulfide) groups is 1. The minimum absolute atomic E-state index is 0.0602. The largest absolute Gasteiger partial charge is 0.381 e. The van der Waals surface area contributed by atoms with E-state index in [1.54, 1.807) is 11.8 Å². The van der Waals surface area contributed by atoms with Gasteiger partial charge in [0.1, 0.15) is 4.75 Å². The van der Waals surface area contributed by atoms with Crippen LogP contribution in [0.4, 0.5) is 0 Å². The SMILES string of the molecule is CC1(C2CCOCC2)SC(N[C@H]2C[C@@H]3CCC2C3)=NC1=O. The van der Waals surface area contributed by atoms with Crippen molar-refractivity contribution in [3.63, 3.8) is 0 Å². The highest BCUT2D eigenvalue weighted by atomic mass is 32.2. The number of carbonyl (C=O) groups excluding carboxylic acids is 1. The van der Waals surface area contributed by atoms with Crippen molar-refractivity contribution in [1.29, 1.82) is 0 Å². The average Bonchev–Trinajstić information content (AvgIpc) is 3.16. The van der Waals surface area contributed by atoms with E-state index in [4.69, 9.17) is 4.74 Å². The predicted molar refractivity (Wildman–Crippen MR) is 84.4 cm³/mol. The molecular formula is C16H24N2O2S. The van der Waals surface area contributed by atoms with Gasteiger partial charge in [-0.3, -0.25) is 4.79 Å². The van der Waals surface area contributed by atoms with Gasteiger partial charge in [0.25, 0.3) is 5.91 Å². The van der Waals surface area contributed by atoms with Gasteiger partial charge in [-0.25, -0.2) is 0 Å². The first-order valence-electron chi connectivity index (χ1n) is 8.31. The number of hydrogen-bond donors (Lipinski definition) is 1. The molecule has 2 aliphatic heterocycles. The first-order chi connectivity index (χ1) is 10.1. The standard InChI is InChI=1S/C16H24N2O2S/c1-16(12-4-6-20-7-5-12)14(19)18-15(21-16)17-13-9-10-2-3-11(13)8-10/h10-13H,2-9H2,1H3,(H,17,18,19)/t10-,11?,13+,16?/m1/s1. The Kier molecular flexibility index (Phi) is 3.53. The summed E-state index contributed by atoms with van der Waals surface area (Å²) in [5.41, 5.74) is 0. The third-order valence-corrected chi connectivity index (χ3v) is 7.32. The van der Waals surface area contributed by atoms with Crippen molar-refractivity contribution in [3.8, 4) is 0 Å². The van der Waals surface area contributed by atoms with E-state index in [2.05, 4.69) is 17.2 Å². The fourth-order valence-corrected chi connectivity index (χ4v) is 5.89. The second-order valence-electron chi connectivity index (χ2n) is 7.24. The summed E-state index contributed by atoms with van der Waals surface area (Å²) in [7, 11) is 0. The summed E-state index contributed by atoms with van der Waals surface area (Å²) < 4.78 is 5.06. The van der Waals surface area contributed by atoms with Crippen LogP contribution in [-0.2, 0) is 9.53 Å². The Balaban J connectivity index is 1.42. The topological polar surface area (TPSA) is 50.7 Å². The van der Waals surface area contributed by atoms with Crippen LogP contribution in [0.15, 0.2) is 4.99 Å². The fourth-order valence-electron chi connectivity index (χ4n) is 4.62. The first-order valence-corrected chi connectivity index (χ1v) is 9.13. The molecule has 3 fully saturated rings. The third-order valence-electron chi connectivity index (χ3n) is 5.98. The van der Waals surface area contributed by atoms with E-state index in [0.29, 0.717) is 12.0 Å². The molecule has 0 spiro atoms. The zero-order valence-corrected chi connectivity index (χ0v) is 13.5. The van der Waals surface area contributed by atoms with Crippen LogP contribution in [0.5, 0.6) is 0 Å². The number of ether oxygens (including phenoxy) is 1. The van der Waals surface area contributed by atoms with Crippen LogP contribution < -0.4 is 5.32 Å². The summed E-state index contributed by atoms with van der Waals surface area (Å²) >= 11 is 1.68. The Labute approximate surface area is 130 Å². The summed E-state index contributed by atoms with van der Waals surface area (Å²) in [6, 6.07) is 0.555. The number of amides is 1. The minimum Gasteiger partial charge on any atom is -0.381 e. The lowest BCUT2D eigenvalue weighted by atomic mass is 9.86. The van der Waals surface area contributed by atoms with Gasteiger partial charge < -0.3 is 10.1 Å². The van der Waals surface area contributed by atoms with Gasteiger partial charge in [-0.1, -0.05) is 18.2 Å². The third kappa shape index (κ3) is 2.42. The second-order valence-corrected chi connectivity index (χ2v) is 8.68. The van der Waals surface area contributed by atoms with Crippen LogP contribution in [0.3, 0.4) is 0 Å². The lowest BCUT2D eigenvalue weighted by Gasteiger charge is -2.33. The molecule has 5 heteroatoms. The quantitative estimate of drug-likeness (QED) is 0.852. The summed E-state index contributed by atoms with van der Waals surface area (Å²) in [5, 5.41) is 4.48. The smallest absolute Gasteiger partial charge is 0.264 e. The molecule has 4 aliphatic rings. The summed E-state index contributed by atoms with van der Waals surface area (Å²) in [6.45, 7) is 3.64. The molecule has 4 rings (SSSR count). The number of rotatable bonds is 2. The van der Waals surface area contributed by atoms with Gasteiger partial charge >= 0.3 is 0 Å².